The molecule has 1 aromatic heterocycles. The molecule has 0 aliphatic carbocycles. The second kappa shape index (κ2) is 6.60. The molecule has 3 rings (SSSR count). The Labute approximate surface area is 125 Å². The second-order valence-electron chi connectivity index (χ2n) is 4.72. The molecule has 6 heteroatoms. The van der Waals surface area contributed by atoms with Gasteiger partial charge in [0.1, 0.15) is 0 Å². The fourth-order valence-corrected chi connectivity index (χ4v) is 2.19. The topological polar surface area (TPSA) is 3.88 Å². The fraction of sp³-hybridized carbons (Fsp3) is 0.0625. The number of nitrogens with zero attached hydrogens (tertiary/aromatic N) is 1. The van der Waals surface area contributed by atoms with Crippen molar-refractivity contribution in [2.45, 2.75) is 6.92 Å². The number of hydrogen-bond donors (Lipinski definition) is 0. The van der Waals surface area contributed by atoms with Gasteiger partial charge in [-0.05, 0) is 18.6 Å². The van der Waals surface area contributed by atoms with Crippen LogP contribution < -0.4 is 4.57 Å². The SMILES string of the molecule is Cc1cc[n+](-c2ccccc2)c2ccccc12.F[B-](F)(F)F. The molecule has 22 heavy (non-hydrogen) atoms. The van der Waals surface area contributed by atoms with Crippen LogP contribution in [-0.2, 0) is 0 Å². The lowest BCUT2D eigenvalue weighted by molar-refractivity contribution is -0.567. The number of fused-ring (bicyclic) bond motifs is 1. The highest BCUT2D eigenvalue weighted by Gasteiger charge is 2.20. The highest BCUT2D eigenvalue weighted by Crippen LogP contribution is 2.15. The van der Waals surface area contributed by atoms with E-state index in [2.05, 4.69) is 72.3 Å². The Kier molecular flexibility index (Phi) is 4.80. The molecule has 0 radical (unpaired) electrons. The van der Waals surface area contributed by atoms with Gasteiger partial charge < -0.3 is 17.3 Å². The maximum absolute atomic E-state index is 9.75. The molecule has 0 aliphatic rings. The van der Waals surface area contributed by atoms with Crippen molar-refractivity contribution in [1.29, 1.82) is 0 Å². The number of halogens is 4. The number of rotatable bonds is 1. The maximum Gasteiger partial charge on any atom is 0.673 e. The Morgan fingerprint density at radius 2 is 1.32 bits per heavy atom. The highest BCUT2D eigenvalue weighted by atomic mass is 19.5. The standard InChI is InChI=1S/C16H14N.BF4/c1-13-11-12-17(14-7-3-2-4-8-14)16-10-6-5-9-15(13)16;2-1(3,4)5/h2-12H,1H3;/q+1;-1. The van der Waals surface area contributed by atoms with Crippen molar-refractivity contribution in [3.63, 3.8) is 0 Å². The van der Waals surface area contributed by atoms with Crippen LogP contribution in [0.5, 0.6) is 0 Å². The van der Waals surface area contributed by atoms with Gasteiger partial charge in [0.15, 0.2) is 6.20 Å². The largest absolute Gasteiger partial charge is 0.673 e. The van der Waals surface area contributed by atoms with Gasteiger partial charge in [0.25, 0.3) is 0 Å². The van der Waals surface area contributed by atoms with E-state index in [0.717, 1.165) is 0 Å². The van der Waals surface area contributed by atoms with Crippen LogP contribution in [0.15, 0.2) is 66.9 Å². The van der Waals surface area contributed by atoms with Crippen molar-refractivity contribution in [3.8, 4) is 5.69 Å². The van der Waals surface area contributed by atoms with Crippen LogP contribution in [0.25, 0.3) is 16.6 Å². The Bertz CT molecular complexity index is 751. The van der Waals surface area contributed by atoms with Crippen molar-refractivity contribution in [2.24, 2.45) is 0 Å². The molecule has 2 aromatic carbocycles. The molecule has 0 aliphatic heterocycles. The van der Waals surface area contributed by atoms with Crippen LogP contribution in [0.2, 0.25) is 0 Å². The lowest BCUT2D eigenvalue weighted by Crippen LogP contribution is -2.31. The summed E-state index contributed by atoms with van der Waals surface area (Å²) < 4.78 is 41.2. The van der Waals surface area contributed by atoms with E-state index in [0.29, 0.717) is 0 Å². The van der Waals surface area contributed by atoms with Gasteiger partial charge in [-0.25, -0.2) is 0 Å². The molecule has 0 atom stereocenters. The molecule has 114 valence electrons. The number of aryl methyl sites for hydroxylation is 1. The van der Waals surface area contributed by atoms with Crippen molar-refractivity contribution in [1.82, 2.24) is 0 Å². The summed E-state index contributed by atoms with van der Waals surface area (Å²) in [6, 6.07) is 21.1. The first-order chi connectivity index (χ1) is 10.4. The van der Waals surface area contributed by atoms with E-state index in [1.165, 1.54) is 22.2 Å². The molecular weight excluding hydrogens is 293 g/mol. The monoisotopic (exact) mass is 307 g/mol. The van der Waals surface area contributed by atoms with Crippen LogP contribution >= 0.6 is 0 Å². The maximum atomic E-state index is 9.75. The highest BCUT2D eigenvalue weighted by molar-refractivity contribution is 6.50. The van der Waals surface area contributed by atoms with Crippen LogP contribution in [0.3, 0.4) is 0 Å². The molecule has 3 aromatic rings. The zero-order valence-corrected chi connectivity index (χ0v) is 11.9. The molecule has 0 amide bonds. The number of para-hydroxylation sites is 2. The molecule has 0 spiro atoms. The van der Waals surface area contributed by atoms with Crippen LogP contribution in [0, 0.1) is 6.92 Å². The van der Waals surface area contributed by atoms with Gasteiger partial charge in [-0.2, -0.15) is 4.57 Å². The van der Waals surface area contributed by atoms with Gasteiger partial charge in [0.05, 0.1) is 0 Å². The zero-order chi connectivity index (χ0) is 16.2. The molecule has 0 N–H and O–H groups in total. The summed E-state index contributed by atoms with van der Waals surface area (Å²) >= 11 is 0. The molecule has 0 unspecified atom stereocenters. The average Bonchev–Trinajstić information content (AvgIpc) is 2.47. The van der Waals surface area contributed by atoms with Gasteiger partial charge in [0, 0.05) is 29.7 Å². The van der Waals surface area contributed by atoms with Crippen molar-refractivity contribution >= 4 is 18.2 Å². The number of aromatic nitrogens is 1. The lowest BCUT2D eigenvalue weighted by atomic mass is 10.1. The normalized spacial score (nSPS) is 11.0. The molecule has 0 saturated carbocycles. The first-order valence-corrected chi connectivity index (χ1v) is 6.69. The van der Waals surface area contributed by atoms with E-state index >= 15 is 0 Å². The van der Waals surface area contributed by atoms with Crippen LogP contribution in [-0.4, -0.2) is 7.25 Å². The predicted octanol–water partition coefficient (Wildman–Crippen LogP) is 4.72. The first-order valence-electron chi connectivity index (χ1n) is 6.69. The smallest absolute Gasteiger partial charge is 0.418 e. The van der Waals surface area contributed by atoms with Crippen LogP contribution in [0.4, 0.5) is 17.3 Å². The first kappa shape index (κ1) is 16.0. The minimum atomic E-state index is -6.00. The Morgan fingerprint density at radius 1 is 0.773 bits per heavy atom. The summed E-state index contributed by atoms with van der Waals surface area (Å²) in [4.78, 5) is 0. The van der Waals surface area contributed by atoms with E-state index in [9.17, 15) is 17.3 Å². The van der Waals surface area contributed by atoms with E-state index in [1.807, 2.05) is 6.07 Å². The predicted molar refractivity (Wildman–Crippen MR) is 80.4 cm³/mol. The molecule has 1 heterocycles. The Hall–Kier alpha value is -2.37. The molecular formula is C16H14BF4N. The van der Waals surface area contributed by atoms with E-state index in [4.69, 9.17) is 0 Å². The number of hydrogen-bond acceptors (Lipinski definition) is 0. The van der Waals surface area contributed by atoms with Gasteiger partial charge >= 0.3 is 7.25 Å². The summed E-state index contributed by atoms with van der Waals surface area (Å²) in [6.45, 7) is 2.15. The minimum absolute atomic E-state index is 1.20. The third-order valence-electron chi connectivity index (χ3n) is 3.10. The van der Waals surface area contributed by atoms with Crippen molar-refractivity contribution in [3.05, 3.63) is 72.4 Å². The average molecular weight is 307 g/mol. The van der Waals surface area contributed by atoms with Crippen molar-refractivity contribution < 1.29 is 21.8 Å². The van der Waals surface area contributed by atoms with Gasteiger partial charge in [-0.3, -0.25) is 0 Å². The van der Waals surface area contributed by atoms with E-state index < -0.39 is 7.25 Å². The molecule has 1 nitrogen and oxygen atoms in total. The third-order valence-corrected chi connectivity index (χ3v) is 3.10. The molecule has 0 bridgehead atoms. The molecule has 0 fully saturated rings. The minimum Gasteiger partial charge on any atom is -0.418 e. The quantitative estimate of drug-likeness (QED) is 0.348. The number of benzene rings is 2. The summed E-state index contributed by atoms with van der Waals surface area (Å²) in [5.41, 5.74) is 3.76. The Morgan fingerprint density at radius 3 is 1.95 bits per heavy atom. The third kappa shape index (κ3) is 4.31. The van der Waals surface area contributed by atoms with Gasteiger partial charge in [-0.1, -0.05) is 30.3 Å². The van der Waals surface area contributed by atoms with Gasteiger partial charge in [-0.15, -0.1) is 0 Å². The summed E-state index contributed by atoms with van der Waals surface area (Å²) in [7, 11) is -6.00. The van der Waals surface area contributed by atoms with E-state index in [1.54, 1.807) is 0 Å². The van der Waals surface area contributed by atoms with Crippen molar-refractivity contribution in [2.75, 3.05) is 0 Å². The second-order valence-corrected chi connectivity index (χ2v) is 4.72. The van der Waals surface area contributed by atoms with Crippen LogP contribution in [0.1, 0.15) is 5.56 Å². The fourth-order valence-electron chi connectivity index (χ4n) is 2.19. The van der Waals surface area contributed by atoms with Gasteiger partial charge in [0.2, 0.25) is 11.2 Å². The summed E-state index contributed by atoms with van der Waals surface area (Å²) in [6.07, 6.45) is 2.13. The lowest BCUT2D eigenvalue weighted by Gasteiger charge is -2.02. The summed E-state index contributed by atoms with van der Waals surface area (Å²) in [5.74, 6) is 0. The Balaban J connectivity index is 0.000000309. The zero-order valence-electron chi connectivity index (χ0n) is 11.9. The van der Waals surface area contributed by atoms with E-state index in [-0.39, 0.29) is 0 Å². The number of pyridine rings is 1. The summed E-state index contributed by atoms with van der Waals surface area (Å²) in [5, 5.41) is 1.30. The molecule has 0 saturated heterocycles.